The number of nitrogens with zero attached hydrogens (tertiary/aromatic N) is 2. The lowest BCUT2D eigenvalue weighted by molar-refractivity contribution is 0.102. The van der Waals surface area contributed by atoms with E-state index in [1.807, 2.05) is 0 Å². The highest BCUT2D eigenvalue weighted by molar-refractivity contribution is 9.10. The highest BCUT2D eigenvalue weighted by atomic mass is 79.9. The number of nitrogens with two attached hydrogens (primary N) is 1. The van der Waals surface area contributed by atoms with Gasteiger partial charge in [0, 0.05) is 15.7 Å². The van der Waals surface area contributed by atoms with Crippen LogP contribution in [0.5, 0.6) is 0 Å². The Bertz CT molecular complexity index is 831. The van der Waals surface area contributed by atoms with E-state index in [1.54, 1.807) is 30.3 Å². The van der Waals surface area contributed by atoms with Crippen molar-refractivity contribution in [2.24, 2.45) is 0 Å². The van der Waals surface area contributed by atoms with Crippen LogP contribution in [0.25, 0.3) is 11.0 Å². The number of rotatable bonds is 2. The molecule has 8 heteroatoms. The molecule has 0 atom stereocenters. The number of halogens is 2. The molecule has 1 amide bonds. The van der Waals surface area contributed by atoms with Crippen molar-refractivity contribution in [3.63, 3.8) is 0 Å². The number of anilines is 2. The van der Waals surface area contributed by atoms with Gasteiger partial charge in [-0.1, -0.05) is 27.5 Å². The predicted octanol–water partition coefficient (Wildman–Crippen LogP) is 3.94. The largest absolute Gasteiger partial charge is 0.399 e. The van der Waals surface area contributed by atoms with Crippen LogP contribution in [0, 0.1) is 0 Å². The first-order valence-electron chi connectivity index (χ1n) is 5.83. The third-order valence-corrected chi connectivity index (χ3v) is 4.11. The summed E-state index contributed by atoms with van der Waals surface area (Å²) < 4.78 is 9.01. The second-order valence-corrected chi connectivity index (χ2v) is 6.13. The third kappa shape index (κ3) is 2.85. The van der Waals surface area contributed by atoms with Gasteiger partial charge in [0.25, 0.3) is 5.91 Å². The minimum atomic E-state index is -0.314. The minimum absolute atomic E-state index is 0.314. The van der Waals surface area contributed by atoms with E-state index in [2.05, 4.69) is 30.0 Å². The zero-order valence-electron chi connectivity index (χ0n) is 10.4. The molecule has 1 heterocycles. The first-order valence-corrected chi connectivity index (χ1v) is 7.73. The van der Waals surface area contributed by atoms with Gasteiger partial charge in [-0.15, -0.1) is 0 Å². The number of amides is 1. The highest BCUT2D eigenvalue weighted by Crippen LogP contribution is 2.30. The van der Waals surface area contributed by atoms with E-state index < -0.39 is 0 Å². The molecule has 3 N–H and O–H groups in total. The van der Waals surface area contributed by atoms with Crippen molar-refractivity contribution in [3.8, 4) is 0 Å². The standard InChI is InChI=1S/C13H8BrClN4OS/c14-7-3-6(4-8(16)5-7)13(20)17-11-9(15)1-2-10-12(11)19-21-18-10/h1-5H,16H2,(H,17,20). The summed E-state index contributed by atoms with van der Waals surface area (Å²) in [7, 11) is 0. The van der Waals surface area contributed by atoms with E-state index in [9.17, 15) is 4.79 Å². The fourth-order valence-electron chi connectivity index (χ4n) is 1.87. The number of carbonyl (C=O) groups excluding carboxylic acids is 1. The molecule has 0 bridgehead atoms. The molecule has 0 radical (unpaired) electrons. The average Bonchev–Trinajstić information content (AvgIpc) is 2.89. The van der Waals surface area contributed by atoms with Gasteiger partial charge in [-0.05, 0) is 30.3 Å². The quantitative estimate of drug-likeness (QED) is 0.657. The van der Waals surface area contributed by atoms with E-state index in [4.69, 9.17) is 17.3 Å². The molecule has 3 aromatic rings. The molecule has 0 saturated carbocycles. The summed E-state index contributed by atoms with van der Waals surface area (Å²) in [5.41, 5.74) is 8.37. The molecule has 2 aromatic carbocycles. The first-order chi connectivity index (χ1) is 10.0. The van der Waals surface area contributed by atoms with Crippen LogP contribution in [-0.4, -0.2) is 14.7 Å². The number of hydrogen-bond donors (Lipinski definition) is 2. The maximum absolute atomic E-state index is 12.3. The lowest BCUT2D eigenvalue weighted by Gasteiger charge is -2.08. The lowest BCUT2D eigenvalue weighted by Crippen LogP contribution is -2.13. The number of hydrogen-bond acceptors (Lipinski definition) is 5. The zero-order chi connectivity index (χ0) is 15.0. The van der Waals surface area contributed by atoms with Crippen LogP contribution in [0.15, 0.2) is 34.8 Å². The smallest absolute Gasteiger partial charge is 0.255 e. The molecule has 21 heavy (non-hydrogen) atoms. The SMILES string of the molecule is Nc1cc(Br)cc(C(=O)Nc2c(Cl)ccc3nsnc23)c1. The zero-order valence-corrected chi connectivity index (χ0v) is 13.6. The van der Waals surface area contributed by atoms with E-state index in [0.717, 1.165) is 16.2 Å². The highest BCUT2D eigenvalue weighted by Gasteiger charge is 2.14. The van der Waals surface area contributed by atoms with Crippen molar-refractivity contribution in [3.05, 3.63) is 45.4 Å². The van der Waals surface area contributed by atoms with Crippen LogP contribution in [0.3, 0.4) is 0 Å². The summed E-state index contributed by atoms with van der Waals surface area (Å²) >= 11 is 10.5. The molecule has 0 aliphatic rings. The Labute approximate surface area is 137 Å². The molecule has 0 aliphatic heterocycles. The second kappa shape index (κ2) is 5.59. The Morgan fingerprint density at radius 1 is 1.29 bits per heavy atom. The summed E-state index contributed by atoms with van der Waals surface area (Å²) in [5.74, 6) is -0.314. The maximum atomic E-state index is 12.3. The van der Waals surface area contributed by atoms with Gasteiger partial charge in [0.05, 0.1) is 22.4 Å². The molecule has 0 spiro atoms. The van der Waals surface area contributed by atoms with E-state index in [-0.39, 0.29) is 5.91 Å². The molecule has 106 valence electrons. The summed E-state index contributed by atoms with van der Waals surface area (Å²) in [6, 6.07) is 8.42. The minimum Gasteiger partial charge on any atom is -0.399 e. The molecular formula is C13H8BrClN4OS. The number of nitrogen functional groups attached to an aromatic ring is 1. The van der Waals surface area contributed by atoms with Gasteiger partial charge in [-0.2, -0.15) is 8.75 Å². The van der Waals surface area contributed by atoms with Gasteiger partial charge in [-0.3, -0.25) is 4.79 Å². The topological polar surface area (TPSA) is 80.9 Å². The molecule has 1 aromatic heterocycles. The predicted molar refractivity (Wildman–Crippen MR) is 88.9 cm³/mol. The van der Waals surface area contributed by atoms with Crippen LogP contribution < -0.4 is 11.1 Å². The van der Waals surface area contributed by atoms with Crippen LogP contribution in [0.2, 0.25) is 5.02 Å². The van der Waals surface area contributed by atoms with Crippen molar-refractivity contribution in [1.29, 1.82) is 0 Å². The number of fused-ring (bicyclic) bond motifs is 1. The Kier molecular flexibility index (Phi) is 3.79. The van der Waals surface area contributed by atoms with Crippen molar-refractivity contribution >= 4 is 67.6 Å². The first kappa shape index (κ1) is 14.2. The fourth-order valence-corrected chi connectivity index (χ4v) is 3.13. The van der Waals surface area contributed by atoms with Crippen molar-refractivity contribution < 1.29 is 4.79 Å². The summed E-state index contributed by atoms with van der Waals surface area (Å²) in [5, 5.41) is 3.18. The number of nitrogens with one attached hydrogen (secondary N) is 1. The maximum Gasteiger partial charge on any atom is 0.255 e. The Morgan fingerprint density at radius 2 is 2.10 bits per heavy atom. The normalized spacial score (nSPS) is 10.8. The van der Waals surface area contributed by atoms with Crippen LogP contribution in [0.1, 0.15) is 10.4 Å². The van der Waals surface area contributed by atoms with Crippen molar-refractivity contribution in [1.82, 2.24) is 8.75 Å². The molecule has 0 saturated heterocycles. The Balaban J connectivity index is 2.00. The van der Waals surface area contributed by atoms with E-state index in [0.29, 0.717) is 33.0 Å². The van der Waals surface area contributed by atoms with Crippen LogP contribution >= 0.6 is 39.3 Å². The monoisotopic (exact) mass is 382 g/mol. The lowest BCUT2D eigenvalue weighted by atomic mass is 10.2. The molecule has 0 unspecified atom stereocenters. The number of benzene rings is 2. The summed E-state index contributed by atoms with van der Waals surface area (Å²) in [6.07, 6.45) is 0. The molecule has 0 aliphatic carbocycles. The van der Waals surface area contributed by atoms with Gasteiger partial charge in [0.2, 0.25) is 0 Å². The molecular weight excluding hydrogens is 376 g/mol. The van der Waals surface area contributed by atoms with E-state index >= 15 is 0 Å². The Hall–Kier alpha value is -1.70. The van der Waals surface area contributed by atoms with Gasteiger partial charge < -0.3 is 11.1 Å². The average molecular weight is 384 g/mol. The van der Waals surface area contributed by atoms with Crippen LogP contribution in [-0.2, 0) is 0 Å². The second-order valence-electron chi connectivity index (χ2n) is 4.28. The Morgan fingerprint density at radius 3 is 2.86 bits per heavy atom. The van der Waals surface area contributed by atoms with Crippen molar-refractivity contribution in [2.45, 2.75) is 0 Å². The van der Waals surface area contributed by atoms with Crippen LogP contribution in [0.4, 0.5) is 11.4 Å². The number of carbonyl (C=O) groups is 1. The summed E-state index contributed by atoms with van der Waals surface area (Å²) in [6.45, 7) is 0. The third-order valence-electron chi connectivity index (χ3n) is 2.80. The molecule has 3 rings (SSSR count). The van der Waals surface area contributed by atoms with Gasteiger partial charge in [0.15, 0.2) is 0 Å². The fraction of sp³-hybridized carbons (Fsp3) is 0. The van der Waals surface area contributed by atoms with E-state index in [1.165, 1.54) is 0 Å². The van der Waals surface area contributed by atoms with Gasteiger partial charge in [0.1, 0.15) is 11.0 Å². The van der Waals surface area contributed by atoms with Gasteiger partial charge in [-0.25, -0.2) is 0 Å². The molecule has 0 fully saturated rings. The van der Waals surface area contributed by atoms with Gasteiger partial charge >= 0.3 is 0 Å². The van der Waals surface area contributed by atoms with Crippen molar-refractivity contribution in [2.75, 3.05) is 11.1 Å². The number of aromatic nitrogens is 2. The molecule has 5 nitrogen and oxygen atoms in total. The summed E-state index contributed by atoms with van der Waals surface area (Å²) in [4.78, 5) is 12.3.